The van der Waals surface area contributed by atoms with Gasteiger partial charge in [-0.3, -0.25) is 0 Å². The molecule has 0 aromatic heterocycles. The lowest BCUT2D eigenvalue weighted by Crippen LogP contribution is -2.13. The van der Waals surface area contributed by atoms with E-state index >= 15 is 0 Å². The Morgan fingerprint density at radius 2 is 1.14 bits per heavy atom. The summed E-state index contributed by atoms with van der Waals surface area (Å²) in [7, 11) is 0. The maximum Gasteiger partial charge on any atom is 0.122 e. The molecule has 0 saturated heterocycles. The Morgan fingerprint density at radius 1 is 0.690 bits per heavy atom. The molecule has 0 fully saturated rings. The van der Waals surface area contributed by atoms with Crippen molar-refractivity contribution in [3.63, 3.8) is 0 Å². The summed E-state index contributed by atoms with van der Waals surface area (Å²) in [5.74, 6) is 0.783. The molecule has 154 valence electrons. The Kier molecular flexibility index (Phi) is 5.19. The van der Waals surface area contributed by atoms with Gasteiger partial charge in [-0.2, -0.15) is 0 Å². The number of hydrogen-bond acceptors (Lipinski definition) is 2. The van der Waals surface area contributed by atoms with Gasteiger partial charge in [-0.05, 0) is 88.8 Å². The van der Waals surface area contributed by atoms with Crippen LogP contribution in [0.4, 0.5) is 0 Å². The first-order chi connectivity index (χ1) is 13.3. The molecule has 2 nitrogen and oxygen atoms in total. The van der Waals surface area contributed by atoms with E-state index in [1.165, 1.54) is 11.1 Å². The molecule has 0 aliphatic heterocycles. The van der Waals surface area contributed by atoms with Gasteiger partial charge in [-0.15, -0.1) is 0 Å². The van der Waals surface area contributed by atoms with Gasteiger partial charge in [-0.1, -0.05) is 53.7 Å². The van der Waals surface area contributed by atoms with E-state index in [1.54, 1.807) is 0 Å². The first kappa shape index (κ1) is 21.2. The summed E-state index contributed by atoms with van der Waals surface area (Å²) in [6.45, 7) is 16.7. The Hall–Kier alpha value is -2.48. The SMILES string of the molecule is Cc1cc(C2=C(c3cc(C)c(O)c(C(C)(C)C)c3)CC=C2)cc(C(C)(C)C)c1O. The number of aryl methyl sites for hydroxylation is 2. The fourth-order valence-electron chi connectivity index (χ4n) is 4.08. The normalized spacial score (nSPS) is 14.8. The number of hydrogen-bond donors (Lipinski definition) is 2. The fraction of sp³-hybridized carbons (Fsp3) is 0.407. The predicted octanol–water partition coefficient (Wildman–Crippen LogP) is 7.18. The van der Waals surface area contributed by atoms with Crippen LogP contribution in [0.3, 0.4) is 0 Å². The third kappa shape index (κ3) is 3.99. The van der Waals surface area contributed by atoms with Gasteiger partial charge in [0.2, 0.25) is 0 Å². The number of aromatic hydroxyl groups is 2. The van der Waals surface area contributed by atoms with E-state index in [0.29, 0.717) is 11.5 Å². The third-order valence-electron chi connectivity index (χ3n) is 5.81. The zero-order chi connectivity index (χ0) is 21.7. The minimum absolute atomic E-state index is 0.133. The zero-order valence-electron chi connectivity index (χ0n) is 19.1. The second kappa shape index (κ2) is 7.09. The molecule has 2 heteroatoms. The minimum atomic E-state index is -0.136. The molecule has 1 aliphatic rings. The van der Waals surface area contributed by atoms with Crippen molar-refractivity contribution in [2.45, 2.75) is 72.6 Å². The van der Waals surface area contributed by atoms with E-state index in [4.69, 9.17) is 0 Å². The summed E-state index contributed by atoms with van der Waals surface area (Å²) in [6.07, 6.45) is 5.25. The highest BCUT2D eigenvalue weighted by molar-refractivity contribution is 5.99. The van der Waals surface area contributed by atoms with E-state index in [1.807, 2.05) is 13.8 Å². The topological polar surface area (TPSA) is 40.5 Å². The molecule has 0 unspecified atom stereocenters. The quantitative estimate of drug-likeness (QED) is 0.570. The van der Waals surface area contributed by atoms with E-state index in [-0.39, 0.29) is 10.8 Å². The molecule has 2 N–H and O–H groups in total. The molecule has 0 saturated carbocycles. The molecule has 2 aromatic rings. The van der Waals surface area contributed by atoms with Crippen molar-refractivity contribution in [3.05, 3.63) is 69.8 Å². The summed E-state index contributed by atoms with van der Waals surface area (Å²) in [4.78, 5) is 0. The molecule has 0 bridgehead atoms. The largest absolute Gasteiger partial charge is 0.507 e. The molecule has 3 rings (SSSR count). The monoisotopic (exact) mass is 390 g/mol. The molecular weight excluding hydrogens is 356 g/mol. The number of phenolic OH excluding ortho intramolecular Hbond substituents is 2. The second-order valence-corrected chi connectivity index (χ2v) is 10.4. The van der Waals surface area contributed by atoms with Crippen molar-refractivity contribution >= 4 is 11.1 Å². The average molecular weight is 391 g/mol. The molecule has 1 aliphatic carbocycles. The van der Waals surface area contributed by atoms with Crippen molar-refractivity contribution in [2.24, 2.45) is 0 Å². The number of allylic oxidation sites excluding steroid dienone is 4. The molecule has 29 heavy (non-hydrogen) atoms. The molecular formula is C27H34O2. The predicted molar refractivity (Wildman–Crippen MR) is 124 cm³/mol. The average Bonchev–Trinajstić information content (AvgIpc) is 3.07. The van der Waals surface area contributed by atoms with Gasteiger partial charge >= 0.3 is 0 Å². The summed E-state index contributed by atoms with van der Waals surface area (Å²) < 4.78 is 0. The van der Waals surface area contributed by atoms with E-state index in [2.05, 4.69) is 78.0 Å². The Morgan fingerprint density at radius 3 is 1.62 bits per heavy atom. The Balaban J connectivity index is 2.23. The molecule has 0 amide bonds. The smallest absolute Gasteiger partial charge is 0.122 e. The van der Waals surface area contributed by atoms with Crippen LogP contribution in [0.25, 0.3) is 11.1 Å². The van der Waals surface area contributed by atoms with Gasteiger partial charge in [0, 0.05) is 11.1 Å². The van der Waals surface area contributed by atoms with E-state index in [9.17, 15) is 10.2 Å². The van der Waals surface area contributed by atoms with E-state index in [0.717, 1.165) is 39.8 Å². The molecule has 0 heterocycles. The fourth-order valence-corrected chi connectivity index (χ4v) is 4.08. The molecule has 0 atom stereocenters. The summed E-state index contributed by atoms with van der Waals surface area (Å²) >= 11 is 0. The van der Waals surface area contributed by atoms with Crippen molar-refractivity contribution in [3.8, 4) is 11.5 Å². The summed E-state index contributed by atoms with van der Waals surface area (Å²) in [5.41, 5.74) is 8.24. The van der Waals surface area contributed by atoms with Gasteiger partial charge in [0.25, 0.3) is 0 Å². The molecule has 2 aromatic carbocycles. The minimum Gasteiger partial charge on any atom is -0.507 e. The van der Waals surface area contributed by atoms with E-state index < -0.39 is 0 Å². The number of benzene rings is 2. The molecule has 0 spiro atoms. The summed E-state index contributed by atoms with van der Waals surface area (Å²) in [6, 6.07) is 8.44. The van der Waals surface area contributed by atoms with Crippen LogP contribution in [-0.2, 0) is 10.8 Å². The van der Waals surface area contributed by atoms with Crippen LogP contribution in [0.1, 0.15) is 81.3 Å². The second-order valence-electron chi connectivity index (χ2n) is 10.4. The lowest BCUT2D eigenvalue weighted by atomic mass is 9.81. The van der Waals surface area contributed by atoms with Crippen molar-refractivity contribution in [1.82, 2.24) is 0 Å². The lowest BCUT2D eigenvalue weighted by molar-refractivity contribution is 0.442. The highest BCUT2D eigenvalue weighted by Crippen LogP contribution is 2.43. The van der Waals surface area contributed by atoms with Gasteiger partial charge in [-0.25, -0.2) is 0 Å². The lowest BCUT2D eigenvalue weighted by Gasteiger charge is -2.24. The standard InChI is InChI=1S/C27H34O2/c1-16-12-18(14-22(24(16)28)26(3,4)5)20-10-9-11-21(20)19-13-17(2)25(29)23(15-19)27(6,7)8/h9-10,12-15,28-29H,11H2,1-8H3. The van der Waals surface area contributed by atoms with Crippen LogP contribution in [0.2, 0.25) is 0 Å². The Bertz CT molecular complexity index is 1020. The van der Waals surface area contributed by atoms with Crippen LogP contribution in [0.5, 0.6) is 11.5 Å². The van der Waals surface area contributed by atoms with Crippen molar-refractivity contribution < 1.29 is 10.2 Å². The van der Waals surface area contributed by atoms with Gasteiger partial charge in [0.05, 0.1) is 0 Å². The van der Waals surface area contributed by atoms with Crippen molar-refractivity contribution in [2.75, 3.05) is 0 Å². The van der Waals surface area contributed by atoms with Gasteiger partial charge < -0.3 is 10.2 Å². The first-order valence-corrected chi connectivity index (χ1v) is 10.4. The van der Waals surface area contributed by atoms with Gasteiger partial charge in [0.1, 0.15) is 11.5 Å². The highest BCUT2D eigenvalue weighted by Gasteiger charge is 2.24. The maximum atomic E-state index is 10.6. The highest BCUT2D eigenvalue weighted by atomic mass is 16.3. The van der Waals surface area contributed by atoms with Gasteiger partial charge in [0.15, 0.2) is 0 Å². The van der Waals surface area contributed by atoms with Crippen LogP contribution in [0, 0.1) is 13.8 Å². The molecule has 0 radical (unpaired) electrons. The van der Waals surface area contributed by atoms with Crippen LogP contribution in [-0.4, -0.2) is 10.2 Å². The van der Waals surface area contributed by atoms with Crippen LogP contribution < -0.4 is 0 Å². The number of phenols is 2. The Labute approximate surface area is 175 Å². The van der Waals surface area contributed by atoms with Crippen LogP contribution >= 0.6 is 0 Å². The summed E-state index contributed by atoms with van der Waals surface area (Å²) in [5, 5.41) is 21.2. The maximum absolute atomic E-state index is 10.6. The van der Waals surface area contributed by atoms with Crippen LogP contribution in [0.15, 0.2) is 36.4 Å². The first-order valence-electron chi connectivity index (χ1n) is 10.4. The van der Waals surface area contributed by atoms with Crippen molar-refractivity contribution in [1.29, 1.82) is 0 Å². The third-order valence-corrected chi connectivity index (χ3v) is 5.81. The number of rotatable bonds is 2. The zero-order valence-corrected chi connectivity index (χ0v) is 19.1.